The van der Waals surface area contributed by atoms with Crippen molar-refractivity contribution in [3.8, 4) is 11.3 Å². The molecule has 2 aromatic heterocycles. The molecule has 0 unspecified atom stereocenters. The van der Waals surface area contributed by atoms with Crippen molar-refractivity contribution < 1.29 is 9.90 Å². The Kier molecular flexibility index (Phi) is 5.71. The number of nitrogens with one attached hydrogen (secondary N) is 1. The number of piperazine rings is 1. The van der Waals surface area contributed by atoms with Crippen LogP contribution in [0.25, 0.3) is 22.2 Å². The van der Waals surface area contributed by atoms with Crippen LogP contribution >= 0.6 is 0 Å². The molecule has 0 amide bonds. The number of nitrogens with zero attached hydrogens (tertiary/aromatic N) is 3. The standard InChI is InChI=1S/C26H26N4O2/c31-26(32)25(30-16-14-29(15-17-30)18-19-10-12-27-13-11-19)23-21-8-4-5-9-22(21)28-24(23)20-6-2-1-3-7-20/h1-13,25,28H,14-18H2,(H,31,32)/t25-/m0/s1. The fourth-order valence-corrected chi connectivity index (χ4v) is 4.67. The molecule has 2 N–H and O–H groups in total. The predicted molar refractivity (Wildman–Crippen MR) is 125 cm³/mol. The maximum Gasteiger partial charge on any atom is 0.325 e. The first-order chi connectivity index (χ1) is 15.7. The molecule has 1 aliphatic rings. The quantitative estimate of drug-likeness (QED) is 0.484. The van der Waals surface area contributed by atoms with E-state index in [4.69, 9.17) is 0 Å². The second kappa shape index (κ2) is 8.94. The van der Waals surface area contributed by atoms with Gasteiger partial charge in [0.2, 0.25) is 0 Å². The Morgan fingerprint density at radius 2 is 1.62 bits per heavy atom. The van der Waals surface area contributed by atoms with Crippen LogP contribution < -0.4 is 0 Å². The van der Waals surface area contributed by atoms with Gasteiger partial charge in [-0.25, -0.2) is 0 Å². The van der Waals surface area contributed by atoms with Gasteiger partial charge in [0.25, 0.3) is 0 Å². The molecular weight excluding hydrogens is 400 g/mol. The number of hydrogen-bond acceptors (Lipinski definition) is 4. The second-order valence-corrected chi connectivity index (χ2v) is 8.23. The van der Waals surface area contributed by atoms with E-state index in [9.17, 15) is 9.90 Å². The van der Waals surface area contributed by atoms with Gasteiger partial charge < -0.3 is 10.1 Å². The van der Waals surface area contributed by atoms with E-state index in [1.165, 1.54) is 5.56 Å². The lowest BCUT2D eigenvalue weighted by Gasteiger charge is -2.38. The molecule has 5 rings (SSSR count). The van der Waals surface area contributed by atoms with Gasteiger partial charge in [0.15, 0.2) is 0 Å². The zero-order valence-corrected chi connectivity index (χ0v) is 17.8. The summed E-state index contributed by atoms with van der Waals surface area (Å²) in [6.07, 6.45) is 3.63. The summed E-state index contributed by atoms with van der Waals surface area (Å²) in [5.74, 6) is -0.811. The smallest absolute Gasteiger partial charge is 0.325 e. The summed E-state index contributed by atoms with van der Waals surface area (Å²) in [4.78, 5) is 24.7. The van der Waals surface area contributed by atoms with Crippen molar-refractivity contribution in [3.63, 3.8) is 0 Å². The molecule has 0 radical (unpaired) electrons. The minimum absolute atomic E-state index is 0.704. The van der Waals surface area contributed by atoms with Gasteiger partial charge in [-0.3, -0.25) is 19.6 Å². The number of aliphatic carboxylic acids is 1. The van der Waals surface area contributed by atoms with Gasteiger partial charge in [-0.05, 0) is 29.3 Å². The minimum Gasteiger partial charge on any atom is -0.480 e. The van der Waals surface area contributed by atoms with E-state index in [0.29, 0.717) is 13.1 Å². The number of carbonyl (C=O) groups is 1. The lowest BCUT2D eigenvalue weighted by molar-refractivity contribution is -0.144. The summed E-state index contributed by atoms with van der Waals surface area (Å²) in [6, 6.07) is 21.3. The molecule has 1 aliphatic heterocycles. The van der Waals surface area contributed by atoms with E-state index < -0.39 is 12.0 Å². The van der Waals surface area contributed by atoms with E-state index in [0.717, 1.165) is 47.4 Å². The summed E-state index contributed by atoms with van der Waals surface area (Å²) in [7, 11) is 0. The molecule has 1 fully saturated rings. The number of para-hydroxylation sites is 1. The predicted octanol–water partition coefficient (Wildman–Crippen LogP) is 4.17. The van der Waals surface area contributed by atoms with Gasteiger partial charge >= 0.3 is 5.97 Å². The Labute approximate surface area is 187 Å². The van der Waals surface area contributed by atoms with Crippen molar-refractivity contribution in [1.29, 1.82) is 0 Å². The number of fused-ring (bicyclic) bond motifs is 1. The monoisotopic (exact) mass is 426 g/mol. The highest BCUT2D eigenvalue weighted by molar-refractivity contribution is 5.95. The van der Waals surface area contributed by atoms with Gasteiger partial charge in [-0.2, -0.15) is 0 Å². The number of benzene rings is 2. The molecule has 1 atom stereocenters. The summed E-state index contributed by atoms with van der Waals surface area (Å²) in [5.41, 5.74) is 4.93. The normalized spacial score (nSPS) is 16.2. The van der Waals surface area contributed by atoms with Crippen LogP contribution in [0.3, 0.4) is 0 Å². The first-order valence-corrected chi connectivity index (χ1v) is 10.9. The Bertz CT molecular complexity index is 1200. The summed E-state index contributed by atoms with van der Waals surface area (Å²) in [5, 5.41) is 11.3. The molecule has 1 saturated heterocycles. The van der Waals surface area contributed by atoms with E-state index >= 15 is 0 Å². The largest absolute Gasteiger partial charge is 0.480 e. The van der Waals surface area contributed by atoms with E-state index in [-0.39, 0.29) is 0 Å². The highest BCUT2D eigenvalue weighted by atomic mass is 16.4. The van der Waals surface area contributed by atoms with Crippen LogP contribution in [0.5, 0.6) is 0 Å². The molecule has 162 valence electrons. The third-order valence-electron chi connectivity index (χ3n) is 6.24. The SMILES string of the molecule is O=C(O)[C@H](c1c(-c2ccccc2)[nH]c2ccccc12)N1CCN(Cc2ccncc2)CC1. The minimum atomic E-state index is -0.811. The number of carboxylic acids is 1. The number of aromatic amines is 1. The third-order valence-corrected chi connectivity index (χ3v) is 6.24. The number of pyridine rings is 1. The van der Waals surface area contributed by atoms with Crippen molar-refractivity contribution >= 4 is 16.9 Å². The highest BCUT2D eigenvalue weighted by Crippen LogP contribution is 2.37. The lowest BCUT2D eigenvalue weighted by Crippen LogP contribution is -2.48. The van der Waals surface area contributed by atoms with Gasteiger partial charge in [0.05, 0.1) is 5.69 Å². The molecule has 2 aromatic carbocycles. The van der Waals surface area contributed by atoms with E-state index in [1.807, 2.05) is 79.1 Å². The average molecular weight is 427 g/mol. The number of rotatable bonds is 6. The van der Waals surface area contributed by atoms with Gasteiger partial charge in [0, 0.05) is 61.6 Å². The Balaban J connectivity index is 1.46. The van der Waals surface area contributed by atoms with E-state index in [2.05, 4.69) is 19.8 Å². The van der Waals surface area contributed by atoms with Crippen molar-refractivity contribution in [2.45, 2.75) is 12.6 Å². The molecule has 0 bridgehead atoms. The molecule has 4 aromatic rings. The summed E-state index contributed by atoms with van der Waals surface area (Å²) in [6.45, 7) is 3.92. The summed E-state index contributed by atoms with van der Waals surface area (Å²) < 4.78 is 0. The average Bonchev–Trinajstić information content (AvgIpc) is 3.21. The van der Waals surface area contributed by atoms with Crippen molar-refractivity contribution in [1.82, 2.24) is 19.8 Å². The fraction of sp³-hybridized carbons (Fsp3) is 0.231. The molecule has 6 nitrogen and oxygen atoms in total. The van der Waals surface area contributed by atoms with E-state index in [1.54, 1.807) is 0 Å². The first-order valence-electron chi connectivity index (χ1n) is 10.9. The van der Waals surface area contributed by atoms with Crippen molar-refractivity contribution in [2.24, 2.45) is 0 Å². The zero-order chi connectivity index (χ0) is 21.9. The van der Waals surface area contributed by atoms with Gasteiger partial charge in [0.1, 0.15) is 6.04 Å². The van der Waals surface area contributed by atoms with Crippen LogP contribution in [0.1, 0.15) is 17.2 Å². The van der Waals surface area contributed by atoms with Crippen LogP contribution in [0.4, 0.5) is 0 Å². The topological polar surface area (TPSA) is 72.5 Å². The van der Waals surface area contributed by atoms with Crippen molar-refractivity contribution in [2.75, 3.05) is 26.2 Å². The molecule has 32 heavy (non-hydrogen) atoms. The molecule has 6 heteroatoms. The zero-order valence-electron chi connectivity index (χ0n) is 17.8. The Hall–Kier alpha value is -3.48. The molecule has 0 saturated carbocycles. The van der Waals surface area contributed by atoms with Crippen LogP contribution in [-0.4, -0.2) is 57.0 Å². The van der Waals surface area contributed by atoms with Crippen LogP contribution in [0.15, 0.2) is 79.1 Å². The fourth-order valence-electron chi connectivity index (χ4n) is 4.67. The van der Waals surface area contributed by atoms with Gasteiger partial charge in [-0.1, -0.05) is 48.5 Å². The van der Waals surface area contributed by atoms with Crippen molar-refractivity contribution in [3.05, 3.63) is 90.3 Å². The van der Waals surface area contributed by atoms with Crippen LogP contribution in [-0.2, 0) is 11.3 Å². The molecule has 3 heterocycles. The molecule has 0 spiro atoms. The number of carboxylic acid groups (broad SMARTS) is 1. The lowest BCUT2D eigenvalue weighted by atomic mass is 9.97. The van der Waals surface area contributed by atoms with Gasteiger partial charge in [-0.15, -0.1) is 0 Å². The maximum atomic E-state index is 12.6. The molecule has 0 aliphatic carbocycles. The number of H-pyrrole nitrogens is 1. The van der Waals surface area contributed by atoms with Crippen LogP contribution in [0.2, 0.25) is 0 Å². The number of hydrogen-bond donors (Lipinski definition) is 2. The second-order valence-electron chi connectivity index (χ2n) is 8.23. The third kappa shape index (κ3) is 4.02. The first kappa shape index (κ1) is 20.4. The molecular formula is C26H26N4O2. The maximum absolute atomic E-state index is 12.6. The van der Waals surface area contributed by atoms with Crippen LogP contribution in [0, 0.1) is 0 Å². The Morgan fingerprint density at radius 3 is 2.34 bits per heavy atom. The Morgan fingerprint density at radius 1 is 0.938 bits per heavy atom. The summed E-state index contributed by atoms with van der Waals surface area (Å²) >= 11 is 0. The highest BCUT2D eigenvalue weighted by Gasteiger charge is 2.34. The number of aromatic nitrogens is 2.